The molecular formula is C16H15F2N5O3. The highest BCUT2D eigenvalue weighted by Crippen LogP contribution is 2.31. The number of hydrogen-bond donors (Lipinski definition) is 3. The summed E-state index contributed by atoms with van der Waals surface area (Å²) in [7, 11) is 1.29. The third kappa shape index (κ3) is 3.53. The number of ether oxygens (including phenoxy) is 1. The van der Waals surface area contributed by atoms with Crippen molar-refractivity contribution >= 4 is 17.6 Å². The molecule has 136 valence electrons. The molecule has 1 aliphatic heterocycles. The minimum absolute atomic E-state index is 0.0155. The third-order valence-electron chi connectivity index (χ3n) is 3.95. The summed E-state index contributed by atoms with van der Waals surface area (Å²) >= 11 is 0. The second-order valence-electron chi connectivity index (χ2n) is 5.56. The van der Waals surface area contributed by atoms with Gasteiger partial charge >= 0.3 is 6.03 Å². The molecule has 0 spiro atoms. The zero-order chi connectivity index (χ0) is 18.7. The van der Waals surface area contributed by atoms with Gasteiger partial charge in [-0.05, 0) is 0 Å². The lowest BCUT2D eigenvalue weighted by molar-refractivity contribution is -0.120. The van der Waals surface area contributed by atoms with Crippen molar-refractivity contribution in [3.8, 4) is 5.75 Å². The van der Waals surface area contributed by atoms with Gasteiger partial charge in [-0.2, -0.15) is 0 Å². The highest BCUT2D eigenvalue weighted by Gasteiger charge is 2.40. The van der Waals surface area contributed by atoms with Crippen molar-refractivity contribution in [2.75, 3.05) is 19.0 Å². The molecule has 0 radical (unpaired) electrons. The van der Waals surface area contributed by atoms with E-state index >= 15 is 0 Å². The van der Waals surface area contributed by atoms with Gasteiger partial charge in [0, 0.05) is 30.2 Å². The predicted octanol–water partition coefficient (Wildman–Crippen LogP) is 1.17. The van der Waals surface area contributed by atoms with E-state index in [0.717, 1.165) is 12.1 Å². The Morgan fingerprint density at radius 2 is 1.92 bits per heavy atom. The van der Waals surface area contributed by atoms with Gasteiger partial charge < -0.3 is 20.7 Å². The summed E-state index contributed by atoms with van der Waals surface area (Å²) < 4.78 is 33.5. The molecule has 2 heterocycles. The molecule has 8 nitrogen and oxygen atoms in total. The number of rotatable bonds is 4. The Morgan fingerprint density at radius 3 is 2.54 bits per heavy atom. The summed E-state index contributed by atoms with van der Waals surface area (Å²) in [5.74, 6) is -3.14. The van der Waals surface area contributed by atoms with Crippen LogP contribution >= 0.6 is 0 Å². The van der Waals surface area contributed by atoms with E-state index in [9.17, 15) is 18.4 Å². The van der Waals surface area contributed by atoms with Crippen LogP contribution < -0.4 is 20.7 Å². The number of hydrogen-bond acceptors (Lipinski definition) is 5. The van der Waals surface area contributed by atoms with Crippen LogP contribution in [0.3, 0.4) is 0 Å². The van der Waals surface area contributed by atoms with E-state index in [1.807, 2.05) is 0 Å². The molecule has 10 heteroatoms. The quantitative estimate of drug-likeness (QED) is 0.756. The molecule has 2 aromatic rings. The first-order valence-electron chi connectivity index (χ1n) is 7.62. The molecule has 3 N–H and O–H groups in total. The standard InChI is InChI=1S/C16H15F2N5O3/c1-26-9-2-11(17)13(12(18)3-9)10-6-21-15(24)14(10)23-16(25)22-8-4-19-7-20-5-8/h2-5,7,10,14H,6H2,1H3,(H,21,24)(H2,22,23,25)/t10-,14?/m0/s1. The third-order valence-corrected chi connectivity index (χ3v) is 3.95. The van der Waals surface area contributed by atoms with Crippen LogP contribution in [0.1, 0.15) is 11.5 Å². The molecule has 1 saturated heterocycles. The van der Waals surface area contributed by atoms with Crippen molar-refractivity contribution < 1.29 is 23.1 Å². The number of anilines is 1. The maximum atomic E-state index is 14.3. The Morgan fingerprint density at radius 1 is 1.27 bits per heavy atom. The molecule has 26 heavy (non-hydrogen) atoms. The molecule has 0 saturated carbocycles. The van der Waals surface area contributed by atoms with Gasteiger partial charge in [-0.25, -0.2) is 23.5 Å². The van der Waals surface area contributed by atoms with Crippen molar-refractivity contribution in [3.63, 3.8) is 0 Å². The average Bonchev–Trinajstić information content (AvgIpc) is 2.95. The van der Waals surface area contributed by atoms with Gasteiger partial charge in [0.1, 0.15) is 29.8 Å². The number of nitrogens with one attached hydrogen (secondary N) is 3. The molecule has 1 fully saturated rings. The van der Waals surface area contributed by atoms with E-state index in [2.05, 4.69) is 25.9 Å². The second-order valence-corrected chi connectivity index (χ2v) is 5.56. The van der Waals surface area contributed by atoms with Crippen molar-refractivity contribution in [1.82, 2.24) is 20.6 Å². The Balaban J connectivity index is 1.80. The van der Waals surface area contributed by atoms with Crippen LogP contribution in [0, 0.1) is 11.6 Å². The lowest BCUT2D eigenvalue weighted by Gasteiger charge is -2.20. The maximum Gasteiger partial charge on any atom is 0.320 e. The highest BCUT2D eigenvalue weighted by atomic mass is 19.1. The van der Waals surface area contributed by atoms with E-state index in [1.165, 1.54) is 25.8 Å². The van der Waals surface area contributed by atoms with Crippen LogP contribution in [0.4, 0.5) is 19.3 Å². The largest absolute Gasteiger partial charge is 0.497 e. The number of carbonyl (C=O) groups excluding carboxylic acids is 2. The number of halogens is 2. The van der Waals surface area contributed by atoms with Gasteiger partial charge in [-0.15, -0.1) is 0 Å². The molecule has 2 atom stereocenters. The lowest BCUT2D eigenvalue weighted by atomic mass is 9.93. The Labute approximate surface area is 147 Å². The van der Waals surface area contributed by atoms with Gasteiger partial charge in [0.15, 0.2) is 0 Å². The van der Waals surface area contributed by atoms with Crippen LogP contribution in [-0.4, -0.2) is 41.6 Å². The van der Waals surface area contributed by atoms with E-state index < -0.39 is 35.5 Å². The fourth-order valence-corrected chi connectivity index (χ4v) is 2.76. The van der Waals surface area contributed by atoms with Crippen molar-refractivity contribution in [2.45, 2.75) is 12.0 Å². The zero-order valence-corrected chi connectivity index (χ0v) is 13.6. The van der Waals surface area contributed by atoms with Crippen LogP contribution in [0.15, 0.2) is 30.9 Å². The summed E-state index contributed by atoms with van der Waals surface area (Å²) in [5, 5.41) is 7.37. The van der Waals surface area contributed by atoms with Crippen molar-refractivity contribution in [2.24, 2.45) is 0 Å². The summed E-state index contributed by atoms with van der Waals surface area (Å²) in [6.07, 6.45) is 4.02. The minimum Gasteiger partial charge on any atom is -0.497 e. The molecular weight excluding hydrogens is 348 g/mol. The number of methoxy groups -OCH3 is 1. The Bertz CT molecular complexity index is 811. The van der Waals surface area contributed by atoms with Crippen LogP contribution in [-0.2, 0) is 4.79 Å². The van der Waals surface area contributed by atoms with Gasteiger partial charge in [0.2, 0.25) is 5.91 Å². The van der Waals surface area contributed by atoms with Gasteiger partial charge in [-0.1, -0.05) is 0 Å². The highest BCUT2D eigenvalue weighted by molar-refractivity contribution is 5.95. The molecule has 1 aliphatic rings. The molecule has 1 unspecified atom stereocenters. The fraction of sp³-hybridized carbons (Fsp3) is 0.250. The molecule has 3 amide bonds. The SMILES string of the molecule is COc1cc(F)c([C@@H]2CNC(=O)C2NC(=O)Nc2cncnc2)c(F)c1. The van der Waals surface area contributed by atoms with E-state index in [1.54, 1.807) is 0 Å². The maximum absolute atomic E-state index is 14.3. The molecule has 1 aromatic heterocycles. The Hall–Kier alpha value is -3.30. The summed E-state index contributed by atoms with van der Waals surface area (Å²) in [5.41, 5.74) is 0.0132. The number of benzene rings is 1. The van der Waals surface area contributed by atoms with E-state index in [4.69, 9.17) is 4.74 Å². The average molecular weight is 363 g/mol. The predicted molar refractivity (Wildman–Crippen MR) is 86.6 cm³/mol. The normalized spacial score (nSPS) is 19.0. The van der Waals surface area contributed by atoms with Gasteiger partial charge in [0.05, 0.1) is 25.2 Å². The number of carbonyl (C=O) groups is 2. The van der Waals surface area contributed by atoms with Gasteiger partial charge in [-0.3, -0.25) is 4.79 Å². The van der Waals surface area contributed by atoms with Gasteiger partial charge in [0.25, 0.3) is 0 Å². The first-order chi connectivity index (χ1) is 12.5. The number of nitrogens with zero attached hydrogens (tertiary/aromatic N) is 2. The smallest absolute Gasteiger partial charge is 0.320 e. The Kier molecular flexibility index (Phi) is 4.92. The second kappa shape index (κ2) is 7.30. The summed E-state index contributed by atoms with van der Waals surface area (Å²) in [4.78, 5) is 31.6. The monoisotopic (exact) mass is 363 g/mol. The topological polar surface area (TPSA) is 105 Å². The number of amides is 3. The minimum atomic E-state index is -1.14. The van der Waals surface area contributed by atoms with Crippen molar-refractivity contribution in [1.29, 1.82) is 0 Å². The summed E-state index contributed by atoms with van der Waals surface area (Å²) in [6, 6.07) is 0.192. The van der Waals surface area contributed by atoms with Crippen LogP contribution in [0.25, 0.3) is 0 Å². The molecule has 1 aromatic carbocycles. The van der Waals surface area contributed by atoms with E-state index in [-0.39, 0.29) is 17.9 Å². The molecule has 0 aliphatic carbocycles. The molecule has 0 bridgehead atoms. The fourth-order valence-electron chi connectivity index (χ4n) is 2.76. The first-order valence-corrected chi connectivity index (χ1v) is 7.62. The number of urea groups is 1. The lowest BCUT2D eigenvalue weighted by Crippen LogP contribution is -2.45. The molecule has 3 rings (SSSR count). The summed E-state index contributed by atoms with van der Waals surface area (Å²) in [6.45, 7) is -0.0155. The van der Waals surface area contributed by atoms with Crippen molar-refractivity contribution in [3.05, 3.63) is 48.1 Å². The number of aromatic nitrogens is 2. The van der Waals surface area contributed by atoms with E-state index in [0.29, 0.717) is 5.69 Å². The first kappa shape index (κ1) is 17.5. The van der Waals surface area contributed by atoms with Crippen LogP contribution in [0.2, 0.25) is 0 Å². The zero-order valence-electron chi connectivity index (χ0n) is 13.6. The van der Waals surface area contributed by atoms with Crippen LogP contribution in [0.5, 0.6) is 5.75 Å².